The molecule has 0 unspecified atom stereocenters. The molecule has 0 aliphatic heterocycles. The van der Waals surface area contributed by atoms with E-state index >= 15 is 0 Å². The molecule has 1 atom stereocenters. The third-order valence-electron chi connectivity index (χ3n) is 6.08. The quantitative estimate of drug-likeness (QED) is 0.474. The van der Waals surface area contributed by atoms with E-state index in [0.29, 0.717) is 29.5 Å². The smallest absolute Gasteiger partial charge is 0.348 e. The van der Waals surface area contributed by atoms with Crippen molar-refractivity contribution in [3.05, 3.63) is 34.3 Å². The number of hydrogen-bond acceptors (Lipinski definition) is 6. The zero-order chi connectivity index (χ0) is 25.6. The Balaban J connectivity index is 1.90. The van der Waals surface area contributed by atoms with Crippen molar-refractivity contribution >= 4 is 28.9 Å². The molecule has 188 valence electrons. The number of anilines is 1. The number of carboxylic acid groups (broad SMARTS) is 1. The van der Waals surface area contributed by atoms with Crippen LogP contribution in [0.2, 0.25) is 0 Å². The number of aromatic nitrogens is 2. The topological polar surface area (TPSA) is 92.6 Å². The maximum absolute atomic E-state index is 13.8. The lowest BCUT2D eigenvalue weighted by atomic mass is 9.82. The molecule has 1 aliphatic carbocycles. The molecule has 1 fully saturated rings. The molecule has 0 bridgehead atoms. The van der Waals surface area contributed by atoms with Crippen LogP contribution in [-0.2, 0) is 4.79 Å². The lowest BCUT2D eigenvalue weighted by Crippen LogP contribution is -2.44. The number of amides is 1. The van der Waals surface area contributed by atoms with Gasteiger partial charge in [0.15, 0.2) is 0 Å². The Bertz CT molecular complexity index is 1070. The van der Waals surface area contributed by atoms with Crippen LogP contribution in [0.5, 0.6) is 6.01 Å². The van der Waals surface area contributed by atoms with Crippen LogP contribution in [0.4, 0.5) is 5.69 Å². The number of carboxylic acids is 1. The van der Waals surface area contributed by atoms with Gasteiger partial charge in [0, 0.05) is 36.2 Å². The van der Waals surface area contributed by atoms with E-state index in [9.17, 15) is 14.7 Å². The Labute approximate surface area is 211 Å². The number of carbonyl (C=O) groups excluding carboxylic acids is 1. The van der Waals surface area contributed by atoms with Crippen molar-refractivity contribution in [2.75, 3.05) is 11.5 Å². The van der Waals surface area contributed by atoms with Gasteiger partial charge in [0.1, 0.15) is 4.88 Å². The van der Waals surface area contributed by atoms with Crippen molar-refractivity contribution < 1.29 is 19.4 Å². The lowest BCUT2D eigenvalue weighted by molar-refractivity contribution is -0.124. The molecule has 2 aromatic rings. The summed E-state index contributed by atoms with van der Waals surface area (Å²) in [6.07, 6.45) is 7.37. The highest BCUT2D eigenvalue weighted by Crippen LogP contribution is 2.36. The first-order chi connectivity index (χ1) is 16.5. The van der Waals surface area contributed by atoms with E-state index in [0.717, 1.165) is 37.0 Å². The Morgan fingerprint density at radius 3 is 2.49 bits per heavy atom. The molecule has 0 aromatic carbocycles. The molecule has 1 amide bonds. The Kier molecular flexibility index (Phi) is 8.90. The largest absolute Gasteiger partial charge is 0.477 e. The summed E-state index contributed by atoms with van der Waals surface area (Å²) in [4.78, 5) is 36.6. The van der Waals surface area contributed by atoms with E-state index in [4.69, 9.17) is 4.74 Å². The van der Waals surface area contributed by atoms with E-state index in [-0.39, 0.29) is 34.2 Å². The van der Waals surface area contributed by atoms with Gasteiger partial charge in [-0.25, -0.2) is 14.8 Å². The van der Waals surface area contributed by atoms with Crippen LogP contribution in [0.1, 0.15) is 81.3 Å². The van der Waals surface area contributed by atoms with Crippen LogP contribution < -0.4 is 9.64 Å². The first-order valence-corrected chi connectivity index (χ1v) is 13.0. The lowest BCUT2D eigenvalue weighted by Gasteiger charge is -2.34. The van der Waals surface area contributed by atoms with Crippen molar-refractivity contribution in [1.82, 2.24) is 9.97 Å². The van der Waals surface area contributed by atoms with Crippen LogP contribution >= 0.6 is 11.3 Å². The monoisotopic (exact) mass is 497 g/mol. The number of thiophene rings is 1. The molecule has 0 spiro atoms. The molecule has 0 radical (unpaired) electrons. The van der Waals surface area contributed by atoms with Gasteiger partial charge in [-0.2, -0.15) is 0 Å². The molecule has 3 rings (SSSR count). The molecule has 2 aromatic heterocycles. The van der Waals surface area contributed by atoms with Crippen LogP contribution in [0.3, 0.4) is 0 Å². The normalized spacial score (nSPS) is 18.8. The standard InChI is InChI=1S/C27H35N3O4S/c1-18-7-9-20(10-8-18)24(31)30(19(2)12-16-34-26-28-14-6-15-29-26)22-17-21(11-13-27(3,4)5)35-23(22)25(32)33/h6,14-15,17-20H,7-10,12,16H2,1-5H3,(H,32,33)/t18-,19-,20-/m0/s1. The van der Waals surface area contributed by atoms with Crippen LogP contribution in [0.25, 0.3) is 0 Å². The fraction of sp³-hybridized carbons (Fsp3) is 0.556. The molecule has 35 heavy (non-hydrogen) atoms. The second kappa shape index (κ2) is 11.7. The second-order valence-corrected chi connectivity index (χ2v) is 11.4. The number of ether oxygens (including phenoxy) is 1. The van der Waals surface area contributed by atoms with Crippen molar-refractivity contribution in [3.8, 4) is 17.9 Å². The van der Waals surface area contributed by atoms with Crippen molar-refractivity contribution in [1.29, 1.82) is 0 Å². The van der Waals surface area contributed by atoms with Gasteiger partial charge < -0.3 is 14.7 Å². The van der Waals surface area contributed by atoms with Crippen LogP contribution in [0, 0.1) is 29.1 Å². The summed E-state index contributed by atoms with van der Waals surface area (Å²) in [6.45, 7) is 10.5. The molecule has 1 saturated carbocycles. The van der Waals surface area contributed by atoms with Crippen molar-refractivity contribution in [2.24, 2.45) is 17.3 Å². The van der Waals surface area contributed by atoms with E-state index < -0.39 is 5.97 Å². The fourth-order valence-electron chi connectivity index (χ4n) is 4.11. The maximum Gasteiger partial charge on any atom is 0.348 e. The summed E-state index contributed by atoms with van der Waals surface area (Å²) in [7, 11) is 0. The highest BCUT2D eigenvalue weighted by atomic mass is 32.1. The summed E-state index contributed by atoms with van der Waals surface area (Å²) in [6, 6.07) is 3.47. The number of aromatic carboxylic acids is 1. The minimum atomic E-state index is -1.05. The molecule has 8 heteroatoms. The minimum absolute atomic E-state index is 0.0176. The number of nitrogens with zero attached hydrogens (tertiary/aromatic N) is 3. The van der Waals surface area contributed by atoms with Gasteiger partial charge in [-0.1, -0.05) is 18.8 Å². The molecule has 2 heterocycles. The maximum atomic E-state index is 13.8. The summed E-state index contributed by atoms with van der Waals surface area (Å²) in [5.41, 5.74) is 0.208. The Hall–Kier alpha value is -2.92. The third kappa shape index (κ3) is 7.53. The predicted molar refractivity (Wildman–Crippen MR) is 138 cm³/mol. The van der Waals surface area contributed by atoms with Gasteiger partial charge in [0.2, 0.25) is 5.91 Å². The predicted octanol–water partition coefficient (Wildman–Crippen LogP) is 5.65. The molecule has 0 saturated heterocycles. The first kappa shape index (κ1) is 26.7. The zero-order valence-electron chi connectivity index (χ0n) is 21.2. The molecule has 7 nitrogen and oxygen atoms in total. The number of rotatable bonds is 8. The zero-order valence-corrected chi connectivity index (χ0v) is 22.0. The van der Waals surface area contributed by atoms with Gasteiger partial charge in [-0.3, -0.25) is 4.79 Å². The summed E-state index contributed by atoms with van der Waals surface area (Å²) in [5, 5.41) is 9.97. The van der Waals surface area contributed by atoms with Gasteiger partial charge in [0.25, 0.3) is 0 Å². The second-order valence-electron chi connectivity index (χ2n) is 10.3. The average Bonchev–Trinajstić information content (AvgIpc) is 3.23. The molecule has 1 N–H and O–H groups in total. The van der Waals surface area contributed by atoms with E-state index in [2.05, 4.69) is 28.7 Å². The van der Waals surface area contributed by atoms with E-state index in [1.807, 2.05) is 27.7 Å². The highest BCUT2D eigenvalue weighted by molar-refractivity contribution is 7.15. The number of hydrogen-bond donors (Lipinski definition) is 1. The van der Waals surface area contributed by atoms with E-state index in [1.165, 1.54) is 0 Å². The van der Waals surface area contributed by atoms with Crippen molar-refractivity contribution in [2.45, 2.75) is 72.8 Å². The SMILES string of the molecule is C[C@@H](CCOc1ncccn1)N(c1cc(C#CC(C)(C)C)sc1C(=O)O)C(=O)[C@H]1CC[C@H](C)CC1. The minimum Gasteiger partial charge on any atom is -0.477 e. The summed E-state index contributed by atoms with van der Waals surface area (Å²) < 4.78 is 5.66. The first-order valence-electron chi connectivity index (χ1n) is 12.2. The van der Waals surface area contributed by atoms with Gasteiger partial charge in [-0.15, -0.1) is 11.3 Å². The van der Waals surface area contributed by atoms with Gasteiger partial charge >= 0.3 is 12.0 Å². The van der Waals surface area contributed by atoms with Crippen LogP contribution in [-0.4, -0.2) is 39.6 Å². The highest BCUT2D eigenvalue weighted by Gasteiger charge is 2.34. The Morgan fingerprint density at radius 2 is 1.89 bits per heavy atom. The van der Waals surface area contributed by atoms with E-state index in [1.54, 1.807) is 29.4 Å². The average molecular weight is 498 g/mol. The number of carbonyl (C=O) groups is 2. The molecular formula is C27H35N3O4S. The third-order valence-corrected chi connectivity index (χ3v) is 7.11. The molecular weight excluding hydrogens is 462 g/mol. The fourth-order valence-corrected chi connectivity index (χ4v) is 4.95. The van der Waals surface area contributed by atoms with Crippen molar-refractivity contribution in [3.63, 3.8) is 0 Å². The van der Waals surface area contributed by atoms with Gasteiger partial charge in [-0.05, 0) is 71.4 Å². The Morgan fingerprint density at radius 1 is 1.23 bits per heavy atom. The molecule has 1 aliphatic rings. The summed E-state index contributed by atoms with van der Waals surface area (Å²) >= 11 is 1.12. The summed E-state index contributed by atoms with van der Waals surface area (Å²) in [5.74, 6) is 5.70. The van der Waals surface area contributed by atoms with Gasteiger partial charge in [0.05, 0.1) is 17.2 Å². The van der Waals surface area contributed by atoms with Crippen LogP contribution in [0.15, 0.2) is 24.5 Å².